The Morgan fingerprint density at radius 2 is 1.13 bits per heavy atom. The van der Waals surface area contributed by atoms with Crippen LogP contribution in [0.5, 0.6) is 0 Å². The monoisotopic (exact) mass is 398 g/mol. The van der Waals surface area contributed by atoms with Crippen molar-refractivity contribution >= 4 is 10.1 Å². The van der Waals surface area contributed by atoms with Crippen molar-refractivity contribution in [3.63, 3.8) is 0 Å². The second kappa shape index (κ2) is 5.54. The van der Waals surface area contributed by atoms with Crippen molar-refractivity contribution in [1.29, 1.82) is 0 Å². The quantitative estimate of drug-likeness (QED) is 0.529. The average Bonchev–Trinajstić information content (AvgIpc) is 2.24. The number of halogens is 12. The fraction of sp³-hybridized carbons (Fsp3) is 1.00. The summed E-state index contributed by atoms with van der Waals surface area (Å²) in [7, 11) is -7.25. The summed E-state index contributed by atoms with van der Waals surface area (Å²) >= 11 is 0. The molecule has 0 aliphatic carbocycles. The van der Waals surface area contributed by atoms with Crippen LogP contribution in [0.4, 0.5) is 52.7 Å². The molecule has 0 aliphatic heterocycles. The lowest BCUT2D eigenvalue weighted by molar-refractivity contribution is -0.482. The molecule has 0 spiro atoms. The van der Waals surface area contributed by atoms with Gasteiger partial charge in [0.25, 0.3) is 0 Å². The van der Waals surface area contributed by atoms with Gasteiger partial charge < -0.3 is 0 Å². The van der Waals surface area contributed by atoms with Gasteiger partial charge in [-0.15, -0.1) is 0 Å². The van der Waals surface area contributed by atoms with Crippen LogP contribution in [0.1, 0.15) is 0 Å². The molecule has 0 heterocycles. The van der Waals surface area contributed by atoms with Crippen LogP contribution in [0.3, 0.4) is 0 Å². The normalized spacial score (nSPS) is 16.1. The number of hydrogen-bond donors (Lipinski definition) is 1. The van der Waals surface area contributed by atoms with Gasteiger partial charge in [-0.2, -0.15) is 52.3 Å². The molecule has 140 valence electrons. The van der Waals surface area contributed by atoms with Crippen molar-refractivity contribution in [1.82, 2.24) is 0 Å². The second-order valence-corrected chi connectivity index (χ2v) is 5.09. The lowest BCUT2D eigenvalue weighted by Gasteiger charge is -2.34. The maximum atomic E-state index is 12.6. The summed E-state index contributed by atoms with van der Waals surface area (Å²) in [5.41, 5.74) is 0. The van der Waals surface area contributed by atoms with Crippen LogP contribution in [0, 0.1) is 0 Å². The van der Waals surface area contributed by atoms with Crippen molar-refractivity contribution in [3.05, 3.63) is 0 Å². The zero-order chi connectivity index (χ0) is 19.3. The van der Waals surface area contributed by atoms with Crippen molar-refractivity contribution in [2.75, 3.05) is 0 Å². The molecule has 1 N–H and O–H groups in total. The van der Waals surface area contributed by atoms with Crippen LogP contribution in [0.25, 0.3) is 0 Å². The van der Waals surface area contributed by atoms with E-state index >= 15 is 0 Å². The van der Waals surface area contributed by atoms with Crippen molar-refractivity contribution in [2.45, 2.75) is 35.7 Å². The van der Waals surface area contributed by atoms with E-state index in [4.69, 9.17) is 4.55 Å². The van der Waals surface area contributed by atoms with E-state index in [1.165, 1.54) is 4.74 Å². The van der Waals surface area contributed by atoms with E-state index in [0.717, 1.165) is 0 Å². The third-order valence-corrected chi connectivity index (χ3v) is 2.86. The predicted molar refractivity (Wildman–Crippen MR) is 43.4 cm³/mol. The molecule has 0 saturated carbocycles. The number of rotatable bonds is 7. The van der Waals surface area contributed by atoms with E-state index in [2.05, 4.69) is 0 Å². The smallest absolute Gasteiger partial charge is 0.281 e. The van der Waals surface area contributed by atoms with Gasteiger partial charge in [-0.05, 0) is 0 Å². The van der Waals surface area contributed by atoms with E-state index < -0.39 is 45.9 Å². The van der Waals surface area contributed by atoms with Crippen LogP contribution < -0.4 is 0 Å². The lowest BCUT2D eigenvalue weighted by atomic mass is 10.1. The largest absolute Gasteiger partial charge is 0.460 e. The van der Waals surface area contributed by atoms with Crippen molar-refractivity contribution < 1.29 is 70.4 Å². The predicted octanol–water partition coefficient (Wildman–Crippen LogP) is 3.20. The Morgan fingerprint density at radius 1 is 0.783 bits per heavy atom. The minimum Gasteiger partial charge on any atom is -0.281 e. The first kappa shape index (κ1) is 22.0. The Labute approximate surface area is 117 Å². The molecule has 0 saturated heterocycles. The minimum atomic E-state index is -7.47. The molecule has 0 amide bonds. The molecule has 0 aromatic heterocycles. The first-order valence-corrected chi connectivity index (χ1v) is 5.93. The van der Waals surface area contributed by atoms with E-state index in [1.54, 1.807) is 0 Å². The standard InChI is InChI=1S/C6H2F12O4S/c7-1(8)2(9,10)3(11,12)4(13,14)22-5(15,16)6(17,18)23(19,20)21/h1H,(H,19,20,21). The average molecular weight is 398 g/mol. The Balaban J connectivity index is 5.91. The van der Waals surface area contributed by atoms with Gasteiger partial charge in [0.05, 0.1) is 0 Å². The molecule has 0 radical (unpaired) electrons. The Kier molecular flexibility index (Phi) is 5.31. The van der Waals surface area contributed by atoms with E-state index in [0.29, 0.717) is 0 Å². The molecule has 0 aliphatic rings. The van der Waals surface area contributed by atoms with Crippen LogP contribution >= 0.6 is 0 Å². The van der Waals surface area contributed by atoms with Crippen molar-refractivity contribution in [3.8, 4) is 0 Å². The van der Waals surface area contributed by atoms with E-state index in [9.17, 15) is 61.1 Å². The van der Waals surface area contributed by atoms with Crippen LogP contribution in [-0.4, -0.2) is 48.7 Å². The lowest BCUT2D eigenvalue weighted by Crippen LogP contribution is -2.62. The highest BCUT2D eigenvalue weighted by Crippen LogP contribution is 2.52. The Morgan fingerprint density at radius 3 is 1.39 bits per heavy atom. The highest BCUT2D eigenvalue weighted by atomic mass is 32.2. The topological polar surface area (TPSA) is 63.6 Å². The summed E-state index contributed by atoms with van der Waals surface area (Å²) < 4.78 is 177. The van der Waals surface area contributed by atoms with Gasteiger partial charge in [-0.3, -0.25) is 4.55 Å². The number of ether oxygens (including phenoxy) is 1. The molecular formula is C6H2F12O4S. The van der Waals surface area contributed by atoms with Gasteiger partial charge in [0, 0.05) is 0 Å². The molecule has 0 rings (SSSR count). The molecule has 17 heteroatoms. The molecule has 0 bridgehead atoms. The van der Waals surface area contributed by atoms with Crippen LogP contribution in [0.2, 0.25) is 0 Å². The summed E-state index contributed by atoms with van der Waals surface area (Å²) in [4.78, 5) is 0. The first-order valence-electron chi connectivity index (χ1n) is 4.49. The maximum Gasteiger partial charge on any atom is 0.460 e. The van der Waals surface area contributed by atoms with Gasteiger partial charge >= 0.3 is 45.9 Å². The highest BCUT2D eigenvalue weighted by molar-refractivity contribution is 7.86. The fourth-order valence-electron chi connectivity index (χ4n) is 0.766. The van der Waals surface area contributed by atoms with E-state index in [-0.39, 0.29) is 0 Å². The molecular weight excluding hydrogens is 396 g/mol. The molecule has 23 heavy (non-hydrogen) atoms. The zero-order valence-electron chi connectivity index (χ0n) is 9.69. The third-order valence-electron chi connectivity index (χ3n) is 1.98. The molecule has 0 aromatic rings. The van der Waals surface area contributed by atoms with Crippen molar-refractivity contribution in [2.24, 2.45) is 0 Å². The van der Waals surface area contributed by atoms with Gasteiger partial charge in [-0.1, -0.05) is 0 Å². The van der Waals surface area contributed by atoms with Crippen LogP contribution in [0.15, 0.2) is 0 Å². The zero-order valence-corrected chi connectivity index (χ0v) is 10.5. The van der Waals surface area contributed by atoms with Gasteiger partial charge in [0.15, 0.2) is 0 Å². The minimum absolute atomic E-state index is 1.40. The fourth-order valence-corrected chi connectivity index (χ4v) is 1.11. The highest BCUT2D eigenvalue weighted by Gasteiger charge is 2.81. The first-order chi connectivity index (χ1) is 9.65. The number of hydrogen-bond acceptors (Lipinski definition) is 3. The van der Waals surface area contributed by atoms with Gasteiger partial charge in [0.2, 0.25) is 0 Å². The van der Waals surface area contributed by atoms with Crippen LogP contribution in [-0.2, 0) is 14.9 Å². The molecule has 0 unspecified atom stereocenters. The Bertz CT molecular complexity index is 540. The molecule has 0 aromatic carbocycles. The van der Waals surface area contributed by atoms with Gasteiger partial charge in [-0.25, -0.2) is 13.5 Å². The summed E-state index contributed by atoms with van der Waals surface area (Å²) in [6, 6.07) is 0. The molecule has 4 nitrogen and oxygen atoms in total. The SMILES string of the molecule is O=S(=O)(O)C(F)(F)C(F)(F)OC(F)(F)C(F)(F)C(F)(F)C(F)F. The third kappa shape index (κ3) is 3.44. The summed E-state index contributed by atoms with van der Waals surface area (Å²) in [6.45, 7) is 0. The maximum absolute atomic E-state index is 12.6. The Hall–Kier alpha value is -0.970. The summed E-state index contributed by atoms with van der Waals surface area (Å²) in [5, 5.41) is -7.00. The summed E-state index contributed by atoms with van der Waals surface area (Å²) in [6.07, 6.45) is -20.2. The summed E-state index contributed by atoms with van der Waals surface area (Å²) in [5.74, 6) is -14.5. The molecule has 0 atom stereocenters. The van der Waals surface area contributed by atoms with Gasteiger partial charge in [0.1, 0.15) is 0 Å². The number of alkyl halides is 12. The second-order valence-electron chi connectivity index (χ2n) is 3.63. The molecule has 0 fully saturated rings. The van der Waals surface area contributed by atoms with E-state index in [1.807, 2.05) is 0 Å².